The third-order valence-electron chi connectivity index (χ3n) is 4.70. The predicted octanol–water partition coefficient (Wildman–Crippen LogP) is 8.92. The number of hydrogen-bond acceptors (Lipinski definition) is 0. The monoisotopic (exact) mass is 662 g/mol. The summed E-state index contributed by atoms with van der Waals surface area (Å²) in [7, 11) is 0. The lowest BCUT2D eigenvalue weighted by Gasteiger charge is -2.43. The van der Waals surface area contributed by atoms with Crippen molar-refractivity contribution in [2.75, 3.05) is 0 Å². The van der Waals surface area contributed by atoms with Crippen LogP contribution in [0.5, 0.6) is 0 Å². The Kier molecular flexibility index (Phi) is 6.56. The average Bonchev–Trinajstić information content (AvgIpc) is 2.66. The first kappa shape index (κ1) is 20.8. The molecule has 0 bridgehead atoms. The second-order valence-corrected chi connectivity index (χ2v) is 12.0. The highest BCUT2D eigenvalue weighted by Crippen LogP contribution is 2.59. The number of benzene rings is 3. The topological polar surface area (TPSA) is 0 Å². The van der Waals surface area contributed by atoms with E-state index in [0.29, 0.717) is 0 Å². The maximum atomic E-state index is 4.05. The summed E-state index contributed by atoms with van der Waals surface area (Å²) >= 11 is 19.1. The van der Waals surface area contributed by atoms with Crippen molar-refractivity contribution in [3.05, 3.63) is 103 Å². The minimum absolute atomic E-state index is 0.370. The van der Waals surface area contributed by atoms with E-state index in [9.17, 15) is 0 Å². The molecular weight excluding hydrogens is 652 g/mol. The second kappa shape index (κ2) is 8.20. The van der Waals surface area contributed by atoms with E-state index in [1.165, 1.54) is 11.1 Å². The smallest absolute Gasteiger partial charge is 0.0660 e. The zero-order valence-corrected chi connectivity index (χ0v) is 21.7. The van der Waals surface area contributed by atoms with Crippen LogP contribution in [-0.2, 0) is 8.65 Å². The Bertz CT molecular complexity index is 865. The van der Waals surface area contributed by atoms with Crippen LogP contribution >= 0.6 is 79.6 Å². The molecule has 0 unspecified atom stereocenters. The third-order valence-corrected chi connectivity index (χ3v) is 10.5. The van der Waals surface area contributed by atoms with Crippen LogP contribution in [0, 0.1) is 0 Å². The standard InChI is InChI=1S/C21H15Br5/c1-20(14-8-4-2-5-9-14,15-10-6-3-7-11-15)21(25,26)16-12-13-17(22)19(24)18(16)23/h2-13H,1H3. The van der Waals surface area contributed by atoms with E-state index >= 15 is 0 Å². The molecule has 5 heteroatoms. The fraction of sp³-hybridized carbons (Fsp3) is 0.143. The molecule has 0 N–H and O–H groups in total. The first-order chi connectivity index (χ1) is 12.3. The van der Waals surface area contributed by atoms with Gasteiger partial charge in [0.1, 0.15) is 3.23 Å². The zero-order valence-electron chi connectivity index (χ0n) is 13.8. The second-order valence-electron chi connectivity index (χ2n) is 6.15. The molecule has 0 aliphatic carbocycles. The fourth-order valence-electron chi connectivity index (χ4n) is 3.11. The molecule has 0 saturated heterocycles. The van der Waals surface area contributed by atoms with Gasteiger partial charge in [-0.3, -0.25) is 0 Å². The number of halogens is 5. The van der Waals surface area contributed by atoms with Crippen LogP contribution in [0.3, 0.4) is 0 Å². The maximum Gasteiger partial charge on any atom is 0.120 e. The summed E-state index contributed by atoms with van der Waals surface area (Å²) in [5, 5.41) is 0. The van der Waals surface area contributed by atoms with Gasteiger partial charge in [0.05, 0.1) is 0 Å². The summed E-state index contributed by atoms with van der Waals surface area (Å²) in [6, 6.07) is 25.3. The van der Waals surface area contributed by atoms with Crippen molar-refractivity contribution < 1.29 is 0 Å². The first-order valence-corrected chi connectivity index (χ1v) is 11.9. The van der Waals surface area contributed by atoms with E-state index in [2.05, 4.69) is 147 Å². The molecular formula is C21H15Br5. The molecule has 3 aromatic rings. The average molecular weight is 667 g/mol. The lowest BCUT2D eigenvalue weighted by molar-refractivity contribution is 0.534. The molecule has 0 amide bonds. The van der Waals surface area contributed by atoms with Crippen LogP contribution < -0.4 is 0 Å². The summed E-state index contributed by atoms with van der Waals surface area (Å²) < 4.78 is 2.45. The summed E-state index contributed by atoms with van der Waals surface area (Å²) in [6.45, 7) is 2.25. The van der Waals surface area contributed by atoms with Crippen molar-refractivity contribution in [2.24, 2.45) is 0 Å². The Hall–Kier alpha value is 0.0600. The van der Waals surface area contributed by atoms with Gasteiger partial charge in [0, 0.05) is 18.8 Å². The molecule has 134 valence electrons. The highest BCUT2D eigenvalue weighted by atomic mass is 79.9. The van der Waals surface area contributed by atoms with E-state index in [0.717, 1.165) is 19.0 Å². The maximum absolute atomic E-state index is 4.05. The van der Waals surface area contributed by atoms with E-state index < -0.39 is 3.23 Å². The summed E-state index contributed by atoms with van der Waals surface area (Å²) in [4.78, 5) is 0. The summed E-state index contributed by atoms with van der Waals surface area (Å²) in [5.41, 5.74) is 3.16. The first-order valence-electron chi connectivity index (χ1n) is 7.93. The Balaban J connectivity index is 2.30. The SMILES string of the molecule is CC(c1ccccc1)(c1ccccc1)C(Br)(Br)c1ccc(Br)c(Br)c1Br. The summed E-state index contributed by atoms with van der Waals surface area (Å²) in [5.74, 6) is 0. The van der Waals surface area contributed by atoms with Gasteiger partial charge in [0.2, 0.25) is 0 Å². The van der Waals surface area contributed by atoms with Gasteiger partial charge in [0.25, 0.3) is 0 Å². The van der Waals surface area contributed by atoms with Crippen LogP contribution in [0.15, 0.2) is 86.2 Å². The van der Waals surface area contributed by atoms with E-state index in [1.54, 1.807) is 0 Å². The van der Waals surface area contributed by atoms with Gasteiger partial charge in [-0.25, -0.2) is 0 Å². The lowest BCUT2D eigenvalue weighted by Crippen LogP contribution is -2.39. The molecule has 0 nitrogen and oxygen atoms in total. The Morgan fingerprint density at radius 1 is 0.615 bits per heavy atom. The van der Waals surface area contributed by atoms with Gasteiger partial charge < -0.3 is 0 Å². The Morgan fingerprint density at radius 3 is 1.54 bits per heavy atom. The van der Waals surface area contributed by atoms with Crippen LogP contribution in [0.1, 0.15) is 23.6 Å². The summed E-state index contributed by atoms with van der Waals surface area (Å²) in [6.07, 6.45) is 0. The van der Waals surface area contributed by atoms with Gasteiger partial charge in [0.15, 0.2) is 0 Å². The number of alkyl halides is 2. The van der Waals surface area contributed by atoms with Crippen LogP contribution in [0.2, 0.25) is 0 Å². The van der Waals surface area contributed by atoms with Crippen molar-refractivity contribution in [2.45, 2.75) is 15.6 Å². The van der Waals surface area contributed by atoms with Crippen molar-refractivity contribution >= 4 is 79.6 Å². The fourth-order valence-corrected chi connectivity index (χ4v) is 6.80. The molecule has 0 radical (unpaired) electrons. The highest BCUT2D eigenvalue weighted by molar-refractivity contribution is 9.25. The lowest BCUT2D eigenvalue weighted by atomic mass is 9.72. The minimum atomic E-state index is -0.544. The normalized spacial score (nSPS) is 12.2. The largest absolute Gasteiger partial charge is 0.120 e. The van der Waals surface area contributed by atoms with E-state index in [4.69, 9.17) is 0 Å². The van der Waals surface area contributed by atoms with Crippen molar-refractivity contribution in [1.29, 1.82) is 0 Å². The van der Waals surface area contributed by atoms with Gasteiger partial charge in [-0.1, -0.05) is 98.6 Å². The molecule has 0 atom stereocenters. The molecule has 0 saturated carbocycles. The molecule has 0 heterocycles. The van der Waals surface area contributed by atoms with Gasteiger partial charge in [-0.05, 0) is 77.5 Å². The molecule has 3 rings (SSSR count). The van der Waals surface area contributed by atoms with Crippen LogP contribution in [-0.4, -0.2) is 0 Å². The Labute approximate surface area is 196 Å². The minimum Gasteiger partial charge on any atom is -0.0660 e. The van der Waals surface area contributed by atoms with E-state index in [-0.39, 0.29) is 5.41 Å². The van der Waals surface area contributed by atoms with Gasteiger partial charge in [-0.2, -0.15) is 0 Å². The molecule has 0 aromatic heterocycles. The van der Waals surface area contributed by atoms with Gasteiger partial charge >= 0.3 is 0 Å². The Morgan fingerprint density at radius 2 is 1.08 bits per heavy atom. The molecule has 0 spiro atoms. The number of hydrogen-bond donors (Lipinski definition) is 0. The molecule has 0 aliphatic heterocycles. The van der Waals surface area contributed by atoms with Crippen LogP contribution in [0.25, 0.3) is 0 Å². The molecule has 3 aromatic carbocycles. The van der Waals surface area contributed by atoms with Crippen LogP contribution in [0.4, 0.5) is 0 Å². The molecule has 0 fully saturated rings. The van der Waals surface area contributed by atoms with Crippen molar-refractivity contribution in [3.8, 4) is 0 Å². The highest BCUT2D eigenvalue weighted by Gasteiger charge is 2.49. The number of rotatable bonds is 4. The predicted molar refractivity (Wildman–Crippen MR) is 128 cm³/mol. The third kappa shape index (κ3) is 3.55. The molecule has 26 heavy (non-hydrogen) atoms. The van der Waals surface area contributed by atoms with E-state index in [1.807, 2.05) is 12.1 Å². The molecule has 0 aliphatic rings. The van der Waals surface area contributed by atoms with Crippen molar-refractivity contribution in [1.82, 2.24) is 0 Å². The zero-order chi connectivity index (χ0) is 18.9. The van der Waals surface area contributed by atoms with Gasteiger partial charge in [-0.15, -0.1) is 0 Å². The quantitative estimate of drug-likeness (QED) is 0.193. The van der Waals surface area contributed by atoms with Crippen molar-refractivity contribution in [3.63, 3.8) is 0 Å².